The molecule has 1 aromatic carbocycles. The summed E-state index contributed by atoms with van der Waals surface area (Å²) in [6.07, 6.45) is 1.77. The molecule has 8 nitrogen and oxygen atoms in total. The van der Waals surface area contributed by atoms with Crippen LogP contribution in [0.1, 0.15) is 27.2 Å². The molecule has 1 fully saturated rings. The van der Waals surface area contributed by atoms with Crippen LogP contribution in [0.25, 0.3) is 6.08 Å². The minimum Gasteiger partial charge on any atom is -0.444 e. The predicted octanol–water partition coefficient (Wildman–Crippen LogP) is 1.95. The van der Waals surface area contributed by atoms with E-state index in [0.29, 0.717) is 60.4 Å². The van der Waals surface area contributed by atoms with Gasteiger partial charge in [0.2, 0.25) is 0 Å². The zero-order valence-corrected chi connectivity index (χ0v) is 18.0. The molecular formula is C21H25F2N6O2+. The fraction of sp³-hybridized carbons (Fsp3) is 0.476. The number of piperazine rings is 1. The van der Waals surface area contributed by atoms with Crippen molar-refractivity contribution in [3.8, 4) is 0 Å². The zero-order valence-electron chi connectivity index (χ0n) is 18.0. The first-order chi connectivity index (χ1) is 14.6. The topological polar surface area (TPSA) is 72.9 Å². The molecule has 1 saturated heterocycles. The number of rotatable bonds is 1. The van der Waals surface area contributed by atoms with Crippen LogP contribution < -0.4 is 10.6 Å². The Hall–Kier alpha value is -3.17. The third-order valence-corrected chi connectivity index (χ3v) is 4.99. The van der Waals surface area contributed by atoms with E-state index in [-0.39, 0.29) is 6.09 Å². The van der Waals surface area contributed by atoms with Crippen LogP contribution in [-0.2, 0) is 4.74 Å². The van der Waals surface area contributed by atoms with Crippen molar-refractivity contribution in [3.05, 3.63) is 45.9 Å². The minimum atomic E-state index is -0.961. The maximum atomic E-state index is 13.9. The van der Waals surface area contributed by atoms with E-state index in [9.17, 15) is 13.6 Å². The number of halogens is 2. The summed E-state index contributed by atoms with van der Waals surface area (Å²) in [4.78, 5) is 22.1. The first kappa shape index (κ1) is 21.1. The molecule has 0 saturated carbocycles. The molecular weight excluding hydrogens is 406 g/mol. The van der Waals surface area contributed by atoms with Crippen LogP contribution in [0.15, 0.2) is 38.9 Å². The molecule has 3 aliphatic heterocycles. The van der Waals surface area contributed by atoms with Crippen molar-refractivity contribution in [3.63, 3.8) is 0 Å². The molecule has 31 heavy (non-hydrogen) atoms. The summed E-state index contributed by atoms with van der Waals surface area (Å²) in [6.45, 7) is 7.42. The summed E-state index contributed by atoms with van der Waals surface area (Å²) in [5.74, 6) is -1.32. The molecule has 1 amide bonds. The van der Waals surface area contributed by atoms with Crippen molar-refractivity contribution in [1.82, 2.24) is 9.80 Å². The fourth-order valence-corrected chi connectivity index (χ4v) is 3.63. The Morgan fingerprint density at radius 2 is 1.81 bits per heavy atom. The number of carbonyl (C=O) groups is 1. The molecule has 0 aromatic heterocycles. The van der Waals surface area contributed by atoms with Gasteiger partial charge in [-0.25, -0.2) is 18.6 Å². The van der Waals surface area contributed by atoms with Gasteiger partial charge in [-0.2, -0.15) is 0 Å². The molecule has 0 atom stereocenters. The number of fused-ring (bicyclic) bond motifs is 3. The lowest BCUT2D eigenvalue weighted by Crippen LogP contribution is -2.50. The number of allylic oxidation sites excluding steroid dienone is 1. The Bertz CT molecular complexity index is 1140. The molecule has 0 spiro atoms. The number of amides is 1. The summed E-state index contributed by atoms with van der Waals surface area (Å²) in [5, 5.41) is 9.59. The van der Waals surface area contributed by atoms with Crippen molar-refractivity contribution in [2.24, 2.45) is 15.2 Å². The number of hydrogen-bond donors (Lipinski definition) is 0. The number of carbonyl (C=O) groups excluding carboxylic acids is 1. The second kappa shape index (κ2) is 7.82. The van der Waals surface area contributed by atoms with E-state index in [1.54, 1.807) is 18.0 Å². The average Bonchev–Trinajstić information content (AvgIpc) is 2.67. The van der Waals surface area contributed by atoms with Gasteiger partial charge in [0.05, 0.1) is 5.36 Å². The van der Waals surface area contributed by atoms with Crippen molar-refractivity contribution in [1.29, 1.82) is 0 Å². The van der Waals surface area contributed by atoms with Gasteiger partial charge in [0.1, 0.15) is 11.3 Å². The van der Waals surface area contributed by atoms with Gasteiger partial charge in [-0.05, 0) is 32.9 Å². The monoisotopic (exact) mass is 431 g/mol. The molecule has 0 N–H and O–H groups in total. The van der Waals surface area contributed by atoms with Crippen molar-refractivity contribution < 1.29 is 23.1 Å². The molecule has 0 radical (unpaired) electrons. The Kier molecular flexibility index (Phi) is 5.32. The predicted molar refractivity (Wildman–Crippen MR) is 109 cm³/mol. The van der Waals surface area contributed by atoms with Crippen LogP contribution in [0.5, 0.6) is 0 Å². The van der Waals surface area contributed by atoms with Gasteiger partial charge in [0.15, 0.2) is 30.2 Å². The third kappa shape index (κ3) is 4.62. The summed E-state index contributed by atoms with van der Waals surface area (Å²) >= 11 is 0. The van der Waals surface area contributed by atoms with Crippen LogP contribution in [0, 0.1) is 11.6 Å². The van der Waals surface area contributed by atoms with Gasteiger partial charge in [0.25, 0.3) is 0 Å². The molecule has 10 heteroatoms. The van der Waals surface area contributed by atoms with E-state index in [2.05, 4.69) is 15.2 Å². The lowest BCUT2D eigenvalue weighted by atomic mass is 10.1. The first-order valence-corrected chi connectivity index (χ1v) is 10.1. The van der Waals surface area contributed by atoms with E-state index in [4.69, 9.17) is 4.74 Å². The molecule has 164 valence electrons. The van der Waals surface area contributed by atoms with Gasteiger partial charge >= 0.3 is 6.09 Å². The maximum Gasteiger partial charge on any atom is 0.410 e. The highest BCUT2D eigenvalue weighted by atomic mass is 19.2. The largest absolute Gasteiger partial charge is 0.444 e. The Labute approximate surface area is 178 Å². The third-order valence-electron chi connectivity index (χ3n) is 4.99. The summed E-state index contributed by atoms with van der Waals surface area (Å²) in [7, 11) is 1.71. The average molecular weight is 431 g/mol. The summed E-state index contributed by atoms with van der Waals surface area (Å²) < 4.78 is 33.2. The number of hydrogen-bond acceptors (Lipinski definition) is 6. The van der Waals surface area contributed by atoms with E-state index >= 15 is 0 Å². The molecule has 3 heterocycles. The maximum absolute atomic E-state index is 13.9. The number of hydrazone groups is 1. The fourth-order valence-electron chi connectivity index (χ4n) is 3.63. The molecule has 0 unspecified atom stereocenters. The summed E-state index contributed by atoms with van der Waals surface area (Å²) in [6, 6.07) is 2.22. The van der Waals surface area contributed by atoms with Crippen LogP contribution >= 0.6 is 0 Å². The quantitative estimate of drug-likeness (QED) is 0.638. The van der Waals surface area contributed by atoms with Gasteiger partial charge in [-0.1, -0.05) is 0 Å². The van der Waals surface area contributed by atoms with Gasteiger partial charge in [-0.15, -0.1) is 0 Å². The van der Waals surface area contributed by atoms with E-state index in [1.807, 2.05) is 25.7 Å². The smallest absolute Gasteiger partial charge is 0.410 e. The molecule has 4 rings (SSSR count). The number of ether oxygens (including phenoxy) is 1. The van der Waals surface area contributed by atoms with Crippen LogP contribution in [0.2, 0.25) is 0 Å². The second-order valence-corrected chi connectivity index (χ2v) is 8.66. The van der Waals surface area contributed by atoms with Crippen LogP contribution in [0.4, 0.5) is 13.6 Å². The number of azo groups is 1. The number of benzene rings is 1. The zero-order chi connectivity index (χ0) is 22.3. The van der Waals surface area contributed by atoms with Crippen molar-refractivity contribution in [2.75, 3.05) is 33.2 Å². The van der Waals surface area contributed by atoms with Crippen LogP contribution in [-0.4, -0.2) is 65.2 Å². The van der Waals surface area contributed by atoms with Crippen molar-refractivity contribution in [2.45, 2.75) is 32.8 Å². The van der Waals surface area contributed by atoms with E-state index in [1.165, 1.54) is 4.81 Å². The second-order valence-electron chi connectivity index (χ2n) is 8.66. The standard InChI is InChI=1S/C21H25F2N6O2/c1-21(2,3)31-20(30)29-7-5-28(6-8-29)19-18-11-14(25-27(4)26-18)9-13-10-15(22)16(23)12-17(13)24-19/h9-10,12H,5-8,11H2,1-4H3/q+1. The van der Waals surface area contributed by atoms with Gasteiger partial charge < -0.3 is 14.5 Å². The highest BCUT2D eigenvalue weighted by Gasteiger charge is 2.30. The highest BCUT2D eigenvalue weighted by Crippen LogP contribution is 2.23. The first-order valence-electron chi connectivity index (χ1n) is 10.1. The van der Waals surface area contributed by atoms with Crippen molar-refractivity contribution >= 4 is 17.9 Å². The van der Waals surface area contributed by atoms with E-state index in [0.717, 1.165) is 12.1 Å². The van der Waals surface area contributed by atoms with Crippen LogP contribution in [0.3, 0.4) is 0 Å². The minimum absolute atomic E-state index is 0.313. The van der Waals surface area contributed by atoms with E-state index < -0.39 is 17.2 Å². The lowest BCUT2D eigenvalue weighted by Gasteiger charge is -2.37. The molecule has 3 aliphatic rings. The Morgan fingerprint density at radius 3 is 2.48 bits per heavy atom. The van der Waals surface area contributed by atoms with Gasteiger partial charge in [0, 0.05) is 58.9 Å². The summed E-state index contributed by atoms with van der Waals surface area (Å²) in [5.41, 5.74) is 0.804. The Morgan fingerprint density at radius 1 is 1.13 bits per heavy atom. The molecule has 1 aromatic rings. The Balaban J connectivity index is 1.68. The van der Waals surface area contributed by atoms with Gasteiger partial charge in [-0.3, -0.25) is 0 Å². The number of nitrogens with zero attached hydrogens (tertiary/aromatic N) is 6. The molecule has 0 aliphatic carbocycles. The normalized spacial score (nSPS) is 18.8. The SMILES string of the molecule is C[N+]1=NC2=C(N3CCN(C(=O)OC(C)(C)C)CC3)N=c3cc(F)c(F)cc3=CC(=N1)C2. The lowest BCUT2D eigenvalue weighted by molar-refractivity contribution is -0.571. The highest BCUT2D eigenvalue weighted by molar-refractivity contribution is 6.11. The molecule has 2 bridgehead atoms.